The van der Waals surface area contributed by atoms with Crippen LogP contribution in [0, 0.1) is 0 Å². The zero-order valence-electron chi connectivity index (χ0n) is 14.2. The van der Waals surface area contributed by atoms with E-state index in [1.165, 1.54) is 0 Å². The lowest BCUT2D eigenvalue weighted by atomic mass is 10.1. The van der Waals surface area contributed by atoms with Gasteiger partial charge < -0.3 is 4.57 Å². The molecule has 0 aliphatic heterocycles. The van der Waals surface area contributed by atoms with Crippen LogP contribution in [0.3, 0.4) is 0 Å². The molecule has 0 fully saturated rings. The number of hydrogen-bond acceptors (Lipinski definition) is 1. The molecule has 4 aromatic rings. The highest BCUT2D eigenvalue weighted by molar-refractivity contribution is 9.11. The molecular weight excluding hydrogens is 452 g/mol. The van der Waals surface area contributed by atoms with Gasteiger partial charge >= 0.3 is 0 Å². The van der Waals surface area contributed by atoms with Crippen LogP contribution in [-0.4, -0.2) is 9.55 Å². The second-order valence-electron chi connectivity index (χ2n) is 6.02. The van der Waals surface area contributed by atoms with E-state index in [-0.39, 0.29) is 0 Å². The first-order chi connectivity index (χ1) is 12.7. The summed E-state index contributed by atoms with van der Waals surface area (Å²) in [5.74, 6) is 0.919. The molecule has 0 spiro atoms. The number of benzene rings is 3. The van der Waals surface area contributed by atoms with Crippen molar-refractivity contribution in [2.75, 3.05) is 0 Å². The van der Waals surface area contributed by atoms with Gasteiger partial charge in [0, 0.05) is 32.7 Å². The lowest BCUT2D eigenvalue weighted by Crippen LogP contribution is -1.97. The van der Waals surface area contributed by atoms with Crippen LogP contribution < -0.4 is 0 Å². The van der Waals surface area contributed by atoms with Crippen molar-refractivity contribution in [2.24, 2.45) is 7.05 Å². The lowest BCUT2D eigenvalue weighted by Gasteiger charge is -2.10. The molecule has 1 aromatic heterocycles. The molecule has 1 heterocycles. The van der Waals surface area contributed by atoms with E-state index >= 15 is 0 Å². The summed E-state index contributed by atoms with van der Waals surface area (Å²) < 4.78 is 4.20. The van der Waals surface area contributed by atoms with Crippen molar-refractivity contribution in [3.8, 4) is 33.9 Å². The molecule has 26 heavy (non-hydrogen) atoms. The Morgan fingerprint density at radius 2 is 1.23 bits per heavy atom. The van der Waals surface area contributed by atoms with Gasteiger partial charge in [-0.25, -0.2) is 4.98 Å². The van der Waals surface area contributed by atoms with Gasteiger partial charge in [-0.05, 0) is 44.0 Å². The Morgan fingerprint density at radius 3 is 1.81 bits per heavy atom. The fraction of sp³-hybridized carbons (Fsp3) is 0.0455. The smallest absolute Gasteiger partial charge is 0.143 e. The van der Waals surface area contributed by atoms with Gasteiger partial charge in [0.15, 0.2) is 0 Å². The summed E-state index contributed by atoms with van der Waals surface area (Å²) in [4.78, 5) is 5.05. The quantitative estimate of drug-likeness (QED) is 0.319. The maximum atomic E-state index is 5.05. The Hall–Kier alpha value is -2.17. The van der Waals surface area contributed by atoms with E-state index in [0.29, 0.717) is 0 Å². The molecule has 0 N–H and O–H groups in total. The van der Waals surface area contributed by atoms with Crippen molar-refractivity contribution >= 4 is 31.9 Å². The number of aromatic nitrogens is 2. The van der Waals surface area contributed by atoms with E-state index in [9.17, 15) is 0 Å². The molecule has 0 aliphatic carbocycles. The molecular formula is C22H16Br2N2. The Bertz CT molecular complexity index is 1030. The van der Waals surface area contributed by atoms with Crippen molar-refractivity contribution in [1.82, 2.24) is 9.55 Å². The summed E-state index contributed by atoms with van der Waals surface area (Å²) in [5.41, 5.74) is 5.40. The molecule has 0 saturated heterocycles. The van der Waals surface area contributed by atoms with Crippen LogP contribution in [0.4, 0.5) is 0 Å². The van der Waals surface area contributed by atoms with Gasteiger partial charge in [0.05, 0.1) is 11.4 Å². The average Bonchev–Trinajstić information content (AvgIpc) is 3.00. The van der Waals surface area contributed by atoms with Gasteiger partial charge in [0.25, 0.3) is 0 Å². The number of rotatable bonds is 3. The third kappa shape index (κ3) is 3.04. The summed E-state index contributed by atoms with van der Waals surface area (Å²) >= 11 is 7.36. The Balaban J connectivity index is 2.03. The van der Waals surface area contributed by atoms with E-state index in [2.05, 4.69) is 79.9 Å². The van der Waals surface area contributed by atoms with Gasteiger partial charge in [-0.15, -0.1) is 0 Å². The second kappa shape index (κ2) is 7.22. The fourth-order valence-electron chi connectivity index (χ4n) is 3.16. The van der Waals surface area contributed by atoms with Gasteiger partial charge in [-0.2, -0.15) is 0 Å². The highest BCUT2D eigenvalue weighted by Crippen LogP contribution is 2.40. The normalized spacial score (nSPS) is 10.9. The van der Waals surface area contributed by atoms with E-state index in [0.717, 1.165) is 42.8 Å². The van der Waals surface area contributed by atoms with E-state index < -0.39 is 0 Å². The maximum Gasteiger partial charge on any atom is 0.143 e. The first kappa shape index (κ1) is 17.3. The van der Waals surface area contributed by atoms with Crippen LogP contribution in [0.2, 0.25) is 0 Å². The Labute approximate surface area is 169 Å². The zero-order chi connectivity index (χ0) is 18.1. The van der Waals surface area contributed by atoms with Crippen molar-refractivity contribution in [2.45, 2.75) is 0 Å². The topological polar surface area (TPSA) is 17.8 Å². The highest BCUT2D eigenvalue weighted by atomic mass is 79.9. The van der Waals surface area contributed by atoms with Gasteiger partial charge in [-0.1, -0.05) is 66.7 Å². The molecule has 0 bridgehead atoms. The number of hydrogen-bond donors (Lipinski definition) is 0. The first-order valence-corrected chi connectivity index (χ1v) is 9.87. The Kier molecular flexibility index (Phi) is 4.79. The van der Waals surface area contributed by atoms with Gasteiger partial charge in [-0.3, -0.25) is 0 Å². The van der Waals surface area contributed by atoms with Crippen LogP contribution in [0.5, 0.6) is 0 Å². The molecule has 0 radical (unpaired) electrons. The molecule has 2 nitrogen and oxygen atoms in total. The zero-order valence-corrected chi connectivity index (χ0v) is 17.3. The molecule has 0 aliphatic rings. The number of imidazole rings is 1. The first-order valence-electron chi connectivity index (χ1n) is 8.28. The molecule has 0 atom stereocenters. The molecule has 0 amide bonds. The van der Waals surface area contributed by atoms with Crippen molar-refractivity contribution in [3.05, 3.63) is 87.8 Å². The fourth-order valence-corrected chi connectivity index (χ4v) is 4.51. The molecule has 128 valence electrons. The maximum absolute atomic E-state index is 5.05. The predicted molar refractivity (Wildman–Crippen MR) is 115 cm³/mol. The molecule has 0 unspecified atom stereocenters. The SMILES string of the molecule is Cn1c(-c2c(Br)cccc2Br)nc(-c2ccccc2)c1-c1ccccc1. The minimum absolute atomic E-state index is 0.919. The summed E-state index contributed by atoms with van der Waals surface area (Å²) in [7, 11) is 2.07. The van der Waals surface area contributed by atoms with Crippen molar-refractivity contribution < 1.29 is 0 Å². The average molecular weight is 468 g/mol. The van der Waals surface area contributed by atoms with Crippen LogP contribution in [0.1, 0.15) is 0 Å². The lowest BCUT2D eigenvalue weighted by molar-refractivity contribution is 0.931. The third-order valence-corrected chi connectivity index (χ3v) is 5.70. The van der Waals surface area contributed by atoms with Crippen LogP contribution >= 0.6 is 31.9 Å². The molecule has 3 aromatic carbocycles. The van der Waals surface area contributed by atoms with Crippen molar-refractivity contribution in [1.29, 1.82) is 0 Å². The largest absolute Gasteiger partial charge is 0.327 e. The van der Waals surface area contributed by atoms with Gasteiger partial charge in [0.2, 0.25) is 0 Å². The summed E-state index contributed by atoms with van der Waals surface area (Å²) in [6.07, 6.45) is 0. The van der Waals surface area contributed by atoms with E-state index in [1.807, 2.05) is 42.5 Å². The molecule has 0 saturated carbocycles. The summed E-state index contributed by atoms with van der Waals surface area (Å²) in [6.45, 7) is 0. The predicted octanol–water partition coefficient (Wildman–Crippen LogP) is 6.95. The third-order valence-electron chi connectivity index (χ3n) is 4.38. The second-order valence-corrected chi connectivity index (χ2v) is 7.73. The molecule has 4 heteroatoms. The highest BCUT2D eigenvalue weighted by Gasteiger charge is 2.21. The van der Waals surface area contributed by atoms with Gasteiger partial charge in [0.1, 0.15) is 5.82 Å². The van der Waals surface area contributed by atoms with E-state index in [4.69, 9.17) is 4.98 Å². The van der Waals surface area contributed by atoms with E-state index in [1.54, 1.807) is 0 Å². The molecule has 4 rings (SSSR count). The van der Waals surface area contributed by atoms with Crippen molar-refractivity contribution in [3.63, 3.8) is 0 Å². The van der Waals surface area contributed by atoms with Crippen LogP contribution in [-0.2, 0) is 7.05 Å². The monoisotopic (exact) mass is 466 g/mol. The summed E-state index contributed by atoms with van der Waals surface area (Å²) in [6, 6.07) is 26.8. The minimum Gasteiger partial charge on any atom is -0.327 e. The minimum atomic E-state index is 0.919. The Morgan fingerprint density at radius 1 is 0.692 bits per heavy atom. The summed E-state index contributed by atoms with van der Waals surface area (Å²) in [5, 5.41) is 0. The number of halogens is 2. The van der Waals surface area contributed by atoms with Crippen LogP contribution in [0.25, 0.3) is 33.9 Å². The standard InChI is InChI=1S/C22H16Br2N2/c1-26-21(16-11-6-3-7-12-16)20(15-9-4-2-5-10-15)25-22(26)19-17(23)13-8-14-18(19)24/h2-14H,1H3. The van der Waals surface area contributed by atoms with Crippen LogP contribution in [0.15, 0.2) is 87.8 Å². The number of nitrogens with zero attached hydrogens (tertiary/aromatic N) is 2.